The summed E-state index contributed by atoms with van der Waals surface area (Å²) in [4.78, 5) is 11.9. The van der Waals surface area contributed by atoms with E-state index < -0.39 is 15.1 Å². The second kappa shape index (κ2) is 4.60. The maximum absolute atomic E-state index is 12.7. The summed E-state index contributed by atoms with van der Waals surface area (Å²) in [5.74, 6) is 0.236. The molecule has 0 heterocycles. The molecule has 0 spiro atoms. The van der Waals surface area contributed by atoms with Gasteiger partial charge in [0.05, 0.1) is 10.1 Å². The fourth-order valence-electron chi connectivity index (χ4n) is 3.17. The third-order valence-corrected chi connectivity index (χ3v) is 6.27. The van der Waals surface area contributed by atoms with E-state index in [1.807, 2.05) is 0 Å². The fourth-order valence-corrected chi connectivity index (χ4v) is 5.13. The van der Waals surface area contributed by atoms with Crippen LogP contribution in [0, 0.1) is 5.92 Å². The van der Waals surface area contributed by atoms with Crippen LogP contribution in [0.2, 0.25) is 0 Å². The Balaban J connectivity index is 2.02. The first-order valence-corrected chi connectivity index (χ1v) is 8.17. The molecule has 0 unspecified atom stereocenters. The Kier molecular flexibility index (Phi) is 3.05. The second-order valence-corrected chi connectivity index (χ2v) is 7.42. The smallest absolute Gasteiger partial charge is 0.185 e. The van der Waals surface area contributed by atoms with Crippen LogP contribution in [0.25, 0.3) is 0 Å². The van der Waals surface area contributed by atoms with Gasteiger partial charge >= 0.3 is 0 Å². The molecule has 2 atom stereocenters. The second-order valence-electron chi connectivity index (χ2n) is 5.29. The number of rotatable bonds is 2. The molecule has 1 aromatic carbocycles. The number of fused-ring (bicyclic) bond motifs is 1. The van der Waals surface area contributed by atoms with Gasteiger partial charge in [0.1, 0.15) is 0 Å². The Hall–Kier alpha value is -1.42. The van der Waals surface area contributed by atoms with Crippen molar-refractivity contribution in [1.82, 2.24) is 0 Å². The Morgan fingerprint density at radius 1 is 1.05 bits per heavy atom. The average molecular weight is 276 g/mol. The monoisotopic (exact) mass is 276 g/mol. The number of hydrogen-bond donors (Lipinski definition) is 0. The fraction of sp³-hybridized carbons (Fsp3) is 0.400. The molecule has 19 heavy (non-hydrogen) atoms. The summed E-state index contributed by atoms with van der Waals surface area (Å²) in [6, 6.07) is 8.55. The highest BCUT2D eigenvalue weighted by molar-refractivity contribution is 7.92. The zero-order valence-corrected chi connectivity index (χ0v) is 11.4. The summed E-state index contributed by atoms with van der Waals surface area (Å²) >= 11 is 0. The molecule has 2 aliphatic rings. The van der Waals surface area contributed by atoms with Crippen LogP contribution < -0.4 is 0 Å². The predicted molar refractivity (Wildman–Crippen MR) is 72.5 cm³/mol. The Morgan fingerprint density at radius 3 is 2.53 bits per heavy atom. The van der Waals surface area contributed by atoms with Gasteiger partial charge in [-0.2, -0.15) is 0 Å². The standard InChI is InChI=1S/C15H16O3S/c16-12-9-11-5-4-8-15(14(11)10-12)19(17,18)13-6-2-1-3-7-13/h1-3,6-7,10-11,15H,4-5,8-9H2/t11-,15-/m0/s1. The zero-order valence-electron chi connectivity index (χ0n) is 10.6. The van der Waals surface area contributed by atoms with E-state index in [0.29, 0.717) is 17.7 Å². The van der Waals surface area contributed by atoms with Crippen molar-refractivity contribution in [3.63, 3.8) is 0 Å². The number of carbonyl (C=O) groups excluding carboxylic acids is 1. The summed E-state index contributed by atoms with van der Waals surface area (Å²) in [6.45, 7) is 0. The summed E-state index contributed by atoms with van der Waals surface area (Å²) < 4.78 is 25.4. The lowest BCUT2D eigenvalue weighted by molar-refractivity contribution is -0.114. The average Bonchev–Trinajstić information content (AvgIpc) is 2.79. The third kappa shape index (κ3) is 2.14. The largest absolute Gasteiger partial charge is 0.295 e. The zero-order chi connectivity index (χ0) is 13.5. The van der Waals surface area contributed by atoms with E-state index in [0.717, 1.165) is 18.4 Å². The van der Waals surface area contributed by atoms with Crippen LogP contribution >= 0.6 is 0 Å². The Bertz CT molecular complexity index is 629. The minimum Gasteiger partial charge on any atom is -0.295 e. The van der Waals surface area contributed by atoms with Gasteiger partial charge in [-0.1, -0.05) is 24.6 Å². The first kappa shape index (κ1) is 12.6. The first-order valence-electron chi connectivity index (χ1n) is 6.62. The van der Waals surface area contributed by atoms with Crippen LogP contribution in [0.15, 0.2) is 46.9 Å². The van der Waals surface area contributed by atoms with E-state index in [4.69, 9.17) is 0 Å². The van der Waals surface area contributed by atoms with E-state index in [1.165, 1.54) is 0 Å². The quantitative estimate of drug-likeness (QED) is 0.834. The molecule has 0 aliphatic heterocycles. The van der Waals surface area contributed by atoms with Crippen LogP contribution in [0.1, 0.15) is 25.7 Å². The van der Waals surface area contributed by atoms with Crippen molar-refractivity contribution < 1.29 is 13.2 Å². The van der Waals surface area contributed by atoms with Gasteiger partial charge < -0.3 is 0 Å². The van der Waals surface area contributed by atoms with Crippen LogP contribution in [0.4, 0.5) is 0 Å². The van der Waals surface area contributed by atoms with Gasteiger partial charge in [-0.25, -0.2) is 8.42 Å². The number of benzene rings is 1. The minimum absolute atomic E-state index is 0.0789. The number of hydrogen-bond acceptors (Lipinski definition) is 3. The van der Waals surface area contributed by atoms with Crippen molar-refractivity contribution in [1.29, 1.82) is 0 Å². The van der Waals surface area contributed by atoms with Gasteiger partial charge in [-0.15, -0.1) is 0 Å². The maximum Gasteiger partial charge on any atom is 0.185 e. The van der Waals surface area contributed by atoms with E-state index in [-0.39, 0.29) is 11.7 Å². The van der Waals surface area contributed by atoms with E-state index in [2.05, 4.69) is 0 Å². The molecule has 1 fully saturated rings. The maximum atomic E-state index is 12.7. The van der Waals surface area contributed by atoms with Crippen LogP contribution in [-0.4, -0.2) is 19.5 Å². The lowest BCUT2D eigenvalue weighted by atomic mass is 9.86. The highest BCUT2D eigenvalue weighted by atomic mass is 32.2. The Morgan fingerprint density at radius 2 is 1.79 bits per heavy atom. The molecule has 3 rings (SSSR count). The molecule has 1 aromatic rings. The summed E-state index contributed by atoms with van der Waals surface area (Å²) in [5.41, 5.74) is 0.847. The molecule has 100 valence electrons. The number of sulfone groups is 1. The lowest BCUT2D eigenvalue weighted by Crippen LogP contribution is -2.29. The normalized spacial score (nSPS) is 26.9. The summed E-state index contributed by atoms with van der Waals surface area (Å²) in [7, 11) is -3.36. The van der Waals surface area contributed by atoms with Crippen LogP contribution in [-0.2, 0) is 14.6 Å². The number of carbonyl (C=O) groups is 1. The van der Waals surface area contributed by atoms with E-state index >= 15 is 0 Å². The van der Waals surface area contributed by atoms with Crippen molar-refractivity contribution in [3.8, 4) is 0 Å². The molecular formula is C15H16O3S. The van der Waals surface area contributed by atoms with Crippen molar-refractivity contribution in [2.45, 2.75) is 35.8 Å². The molecule has 4 heteroatoms. The summed E-state index contributed by atoms with van der Waals surface area (Å²) in [6.07, 6.45) is 4.53. The molecule has 0 radical (unpaired) electrons. The van der Waals surface area contributed by atoms with Gasteiger partial charge in [0.2, 0.25) is 0 Å². The highest BCUT2D eigenvalue weighted by Crippen LogP contribution is 2.41. The van der Waals surface area contributed by atoms with Gasteiger partial charge in [0, 0.05) is 6.42 Å². The molecule has 1 saturated carbocycles. The van der Waals surface area contributed by atoms with Crippen molar-refractivity contribution in [3.05, 3.63) is 42.0 Å². The number of ketones is 1. The van der Waals surface area contributed by atoms with Gasteiger partial charge in [0.15, 0.2) is 15.6 Å². The Labute approximate surface area is 113 Å². The van der Waals surface area contributed by atoms with Crippen molar-refractivity contribution >= 4 is 15.6 Å². The third-order valence-electron chi connectivity index (χ3n) is 4.08. The topological polar surface area (TPSA) is 51.2 Å². The highest BCUT2D eigenvalue weighted by Gasteiger charge is 2.40. The van der Waals surface area contributed by atoms with E-state index in [9.17, 15) is 13.2 Å². The molecule has 0 bridgehead atoms. The molecule has 0 N–H and O–H groups in total. The minimum atomic E-state index is -3.36. The van der Waals surface area contributed by atoms with Gasteiger partial charge in [-0.3, -0.25) is 4.79 Å². The lowest BCUT2D eigenvalue weighted by Gasteiger charge is -2.28. The van der Waals surface area contributed by atoms with E-state index in [1.54, 1.807) is 36.4 Å². The van der Waals surface area contributed by atoms with Gasteiger partial charge in [0.25, 0.3) is 0 Å². The van der Waals surface area contributed by atoms with Crippen LogP contribution in [0.3, 0.4) is 0 Å². The molecule has 0 aromatic heterocycles. The summed E-state index contributed by atoms with van der Waals surface area (Å²) in [5, 5.41) is -0.500. The molecular weight excluding hydrogens is 260 g/mol. The number of allylic oxidation sites excluding steroid dienone is 1. The van der Waals surface area contributed by atoms with Crippen molar-refractivity contribution in [2.24, 2.45) is 5.92 Å². The first-order chi connectivity index (χ1) is 9.09. The molecule has 2 aliphatic carbocycles. The van der Waals surface area contributed by atoms with Crippen LogP contribution in [0.5, 0.6) is 0 Å². The molecule has 3 nitrogen and oxygen atoms in total. The predicted octanol–water partition coefficient (Wildman–Crippen LogP) is 2.53. The van der Waals surface area contributed by atoms with Gasteiger partial charge in [-0.05, 0) is 42.5 Å². The molecule has 0 amide bonds. The SMILES string of the molecule is O=C1C=C2[C@@H](CCC[C@@H]2S(=O)(=O)c2ccccc2)C1. The van der Waals surface area contributed by atoms with Crippen molar-refractivity contribution in [2.75, 3.05) is 0 Å². The molecule has 0 saturated heterocycles.